The largest absolute Gasteiger partial charge is 0.462 e. The standard InChI is InChI=1S/C42H39ClN2O2/c1-41(2,3)28-18-22-30(23-19-28)44(36-26-46-38-16-9-7-12-32(36)38)34-14-11-15-35(40(34)43)45(31-24-20-29(21-25-31)42(4,5)6)37-27-47-39-17-10-8-13-33(37)39/h7-27H,1-6H3. The second kappa shape index (κ2) is 11.7. The quantitative estimate of drug-likeness (QED) is 0.181. The summed E-state index contributed by atoms with van der Waals surface area (Å²) < 4.78 is 12.2. The minimum atomic E-state index is 0.0274. The van der Waals surface area contributed by atoms with E-state index in [2.05, 4.69) is 130 Å². The maximum atomic E-state index is 7.60. The Bertz CT molecular complexity index is 2020. The van der Waals surface area contributed by atoms with Crippen molar-refractivity contribution in [2.45, 2.75) is 52.4 Å². The third-order valence-corrected chi connectivity index (χ3v) is 9.21. The minimum Gasteiger partial charge on any atom is -0.462 e. The van der Waals surface area contributed by atoms with E-state index >= 15 is 0 Å². The number of hydrogen-bond donors (Lipinski definition) is 0. The Morgan fingerprint density at radius 1 is 0.447 bits per heavy atom. The highest BCUT2D eigenvalue weighted by Crippen LogP contribution is 2.49. The van der Waals surface area contributed by atoms with Crippen molar-refractivity contribution in [3.63, 3.8) is 0 Å². The van der Waals surface area contributed by atoms with Crippen LogP contribution in [0.1, 0.15) is 52.7 Å². The Balaban J connectivity index is 1.44. The molecule has 7 aromatic rings. The van der Waals surface area contributed by atoms with Crippen LogP contribution in [0.5, 0.6) is 0 Å². The number of hydrogen-bond acceptors (Lipinski definition) is 4. The molecule has 4 nitrogen and oxygen atoms in total. The molecule has 47 heavy (non-hydrogen) atoms. The molecule has 7 rings (SSSR count). The first-order valence-electron chi connectivity index (χ1n) is 16.0. The molecule has 0 aliphatic rings. The summed E-state index contributed by atoms with van der Waals surface area (Å²) in [7, 11) is 0. The fourth-order valence-electron chi connectivity index (χ4n) is 6.16. The number of benzene rings is 5. The monoisotopic (exact) mass is 638 g/mol. The van der Waals surface area contributed by atoms with Crippen LogP contribution in [0.25, 0.3) is 21.9 Å². The van der Waals surface area contributed by atoms with Gasteiger partial charge in [-0.2, -0.15) is 0 Å². The lowest BCUT2D eigenvalue weighted by Gasteiger charge is -2.30. The van der Waals surface area contributed by atoms with Crippen LogP contribution in [-0.2, 0) is 10.8 Å². The van der Waals surface area contributed by atoms with Gasteiger partial charge < -0.3 is 18.6 Å². The molecule has 0 atom stereocenters. The highest BCUT2D eigenvalue weighted by Gasteiger charge is 2.26. The van der Waals surface area contributed by atoms with Gasteiger partial charge in [0.15, 0.2) is 0 Å². The molecule has 0 saturated heterocycles. The van der Waals surface area contributed by atoms with Gasteiger partial charge in [0.05, 0.1) is 27.8 Å². The molecular weight excluding hydrogens is 600 g/mol. The van der Waals surface area contributed by atoms with Crippen LogP contribution < -0.4 is 9.80 Å². The van der Waals surface area contributed by atoms with Crippen molar-refractivity contribution in [3.05, 3.63) is 144 Å². The van der Waals surface area contributed by atoms with Crippen molar-refractivity contribution in [1.29, 1.82) is 0 Å². The van der Waals surface area contributed by atoms with Gasteiger partial charge in [0.1, 0.15) is 23.7 Å². The van der Waals surface area contributed by atoms with Crippen molar-refractivity contribution in [3.8, 4) is 0 Å². The fourth-order valence-corrected chi connectivity index (χ4v) is 6.46. The molecule has 0 fully saturated rings. The van der Waals surface area contributed by atoms with Crippen molar-refractivity contribution >= 4 is 67.7 Å². The summed E-state index contributed by atoms with van der Waals surface area (Å²) in [5, 5.41) is 2.61. The predicted molar refractivity (Wildman–Crippen MR) is 198 cm³/mol. The number of halogens is 1. The fraction of sp³-hybridized carbons (Fsp3) is 0.190. The summed E-state index contributed by atoms with van der Waals surface area (Å²) in [6, 6.07) is 39.9. The number of rotatable bonds is 6. The Kier molecular flexibility index (Phi) is 7.65. The Morgan fingerprint density at radius 3 is 1.21 bits per heavy atom. The average Bonchev–Trinajstić information content (AvgIpc) is 3.68. The number of nitrogens with zero attached hydrogens (tertiary/aromatic N) is 2. The molecule has 2 heterocycles. The first-order chi connectivity index (χ1) is 22.5. The normalized spacial score (nSPS) is 12.1. The highest BCUT2D eigenvalue weighted by atomic mass is 35.5. The van der Waals surface area contributed by atoms with Gasteiger partial charge in [-0.15, -0.1) is 0 Å². The zero-order valence-electron chi connectivity index (χ0n) is 27.7. The van der Waals surface area contributed by atoms with Gasteiger partial charge in [-0.05, 0) is 82.6 Å². The maximum absolute atomic E-state index is 7.60. The van der Waals surface area contributed by atoms with Gasteiger partial charge in [-0.25, -0.2) is 0 Å². The Morgan fingerprint density at radius 2 is 0.830 bits per heavy atom. The van der Waals surface area contributed by atoms with Gasteiger partial charge in [-0.1, -0.05) is 108 Å². The summed E-state index contributed by atoms with van der Waals surface area (Å²) in [5.74, 6) is 0. The third-order valence-electron chi connectivity index (χ3n) is 8.83. The van der Waals surface area contributed by atoms with Crippen LogP contribution in [0, 0.1) is 0 Å². The molecule has 5 aromatic carbocycles. The second-order valence-electron chi connectivity index (χ2n) is 14.1. The van der Waals surface area contributed by atoms with E-state index in [9.17, 15) is 0 Å². The van der Waals surface area contributed by atoms with E-state index in [-0.39, 0.29) is 10.8 Å². The summed E-state index contributed by atoms with van der Waals surface area (Å²) in [5.41, 5.74) is 9.68. The van der Waals surface area contributed by atoms with Crippen molar-refractivity contribution in [2.75, 3.05) is 9.80 Å². The molecule has 0 aliphatic heterocycles. The van der Waals surface area contributed by atoms with E-state index in [1.165, 1.54) is 11.1 Å². The second-order valence-corrected chi connectivity index (χ2v) is 14.5. The van der Waals surface area contributed by atoms with Gasteiger partial charge in [0.25, 0.3) is 0 Å². The molecule has 5 heteroatoms. The average molecular weight is 639 g/mol. The van der Waals surface area contributed by atoms with Gasteiger partial charge >= 0.3 is 0 Å². The molecule has 0 unspecified atom stereocenters. The van der Waals surface area contributed by atoms with Crippen LogP contribution in [0.15, 0.2) is 137 Å². The van der Waals surface area contributed by atoms with Crippen LogP contribution >= 0.6 is 11.6 Å². The van der Waals surface area contributed by atoms with E-state index in [4.69, 9.17) is 20.4 Å². The minimum absolute atomic E-state index is 0.0274. The van der Waals surface area contributed by atoms with Crippen LogP contribution in [0.2, 0.25) is 5.02 Å². The molecule has 0 spiro atoms. The third kappa shape index (κ3) is 5.68. The van der Waals surface area contributed by atoms with Gasteiger partial charge in [0.2, 0.25) is 0 Å². The number of furan rings is 2. The van der Waals surface area contributed by atoms with Crippen LogP contribution in [0.4, 0.5) is 34.1 Å². The van der Waals surface area contributed by atoms with E-state index in [1.54, 1.807) is 0 Å². The molecule has 0 aliphatic carbocycles. The molecule has 0 N–H and O–H groups in total. The summed E-state index contributed by atoms with van der Waals surface area (Å²) in [4.78, 5) is 4.39. The molecule has 2 aromatic heterocycles. The molecule has 0 bridgehead atoms. The van der Waals surface area contributed by atoms with Crippen LogP contribution in [-0.4, -0.2) is 0 Å². The lowest BCUT2D eigenvalue weighted by molar-refractivity contribution is 0.590. The zero-order valence-corrected chi connectivity index (χ0v) is 28.5. The summed E-state index contributed by atoms with van der Waals surface area (Å²) in [6.07, 6.45) is 3.63. The SMILES string of the molecule is CC(C)(C)c1ccc(N(c2cccc(N(c3ccc(C(C)(C)C)cc3)c3coc4ccccc34)c2Cl)c2coc3ccccc23)cc1. The number of anilines is 6. The number of fused-ring (bicyclic) bond motifs is 2. The van der Waals surface area contributed by atoms with Gasteiger partial charge in [-0.3, -0.25) is 0 Å². The summed E-state index contributed by atoms with van der Waals surface area (Å²) in [6.45, 7) is 13.4. The summed E-state index contributed by atoms with van der Waals surface area (Å²) >= 11 is 7.60. The molecule has 0 radical (unpaired) electrons. The highest BCUT2D eigenvalue weighted by molar-refractivity contribution is 6.37. The first-order valence-corrected chi connectivity index (χ1v) is 16.4. The first kappa shape index (κ1) is 30.7. The van der Waals surface area contributed by atoms with Crippen molar-refractivity contribution in [2.24, 2.45) is 0 Å². The Hall–Kier alpha value is -4.93. The van der Waals surface area contributed by atoms with Crippen molar-refractivity contribution in [1.82, 2.24) is 0 Å². The zero-order chi connectivity index (χ0) is 32.9. The van der Waals surface area contributed by atoms with Crippen molar-refractivity contribution < 1.29 is 8.83 Å². The van der Waals surface area contributed by atoms with E-state index in [0.717, 1.165) is 56.1 Å². The lowest BCUT2D eigenvalue weighted by Crippen LogP contribution is -2.15. The predicted octanol–water partition coefficient (Wildman–Crippen LogP) is 13.4. The van der Waals surface area contributed by atoms with E-state index in [1.807, 2.05) is 48.9 Å². The molecule has 236 valence electrons. The topological polar surface area (TPSA) is 32.8 Å². The van der Waals surface area contributed by atoms with E-state index < -0.39 is 0 Å². The van der Waals surface area contributed by atoms with Crippen LogP contribution in [0.3, 0.4) is 0 Å². The lowest BCUT2D eigenvalue weighted by atomic mass is 9.87. The maximum Gasteiger partial charge on any atom is 0.136 e. The Labute approximate surface area is 281 Å². The molecular formula is C42H39ClN2O2. The smallest absolute Gasteiger partial charge is 0.136 e. The molecule has 0 saturated carbocycles. The van der Waals surface area contributed by atoms with Gasteiger partial charge in [0, 0.05) is 22.1 Å². The molecule has 0 amide bonds. The number of para-hydroxylation sites is 2. The van der Waals surface area contributed by atoms with E-state index in [0.29, 0.717) is 5.02 Å².